The SMILES string of the molecule is ClC1=CCN(Cc2ccccc2)CC1. The molecule has 0 fully saturated rings. The number of halogens is 1. The fourth-order valence-electron chi connectivity index (χ4n) is 1.67. The molecule has 1 aliphatic rings. The molecule has 1 heterocycles. The van der Waals surface area contributed by atoms with Crippen LogP contribution in [0.1, 0.15) is 12.0 Å². The van der Waals surface area contributed by atoms with Crippen LogP contribution in [0.3, 0.4) is 0 Å². The van der Waals surface area contributed by atoms with Crippen LogP contribution in [0.4, 0.5) is 0 Å². The Morgan fingerprint density at radius 3 is 2.64 bits per heavy atom. The summed E-state index contributed by atoms with van der Waals surface area (Å²) >= 11 is 5.92. The Labute approximate surface area is 90.0 Å². The molecule has 1 nitrogen and oxygen atoms in total. The lowest BCUT2D eigenvalue weighted by Crippen LogP contribution is -2.27. The predicted octanol–water partition coefficient (Wildman–Crippen LogP) is 3.02. The van der Waals surface area contributed by atoms with Crippen molar-refractivity contribution in [1.82, 2.24) is 4.90 Å². The van der Waals surface area contributed by atoms with Crippen LogP contribution in [0, 0.1) is 0 Å². The van der Waals surface area contributed by atoms with E-state index >= 15 is 0 Å². The largest absolute Gasteiger partial charge is 0.295 e. The quantitative estimate of drug-likeness (QED) is 0.721. The Morgan fingerprint density at radius 2 is 2.00 bits per heavy atom. The zero-order valence-corrected chi connectivity index (χ0v) is 8.87. The van der Waals surface area contributed by atoms with Crippen LogP contribution >= 0.6 is 11.6 Å². The summed E-state index contributed by atoms with van der Waals surface area (Å²) < 4.78 is 0. The zero-order chi connectivity index (χ0) is 9.80. The number of benzene rings is 1. The molecule has 0 saturated carbocycles. The van der Waals surface area contributed by atoms with Crippen molar-refractivity contribution in [1.29, 1.82) is 0 Å². The van der Waals surface area contributed by atoms with Gasteiger partial charge in [0.15, 0.2) is 0 Å². The Kier molecular flexibility index (Phi) is 3.22. The van der Waals surface area contributed by atoms with Crippen molar-refractivity contribution < 1.29 is 0 Å². The van der Waals surface area contributed by atoms with Gasteiger partial charge in [-0.05, 0) is 12.0 Å². The normalized spacial score (nSPS) is 17.9. The lowest BCUT2D eigenvalue weighted by molar-refractivity contribution is 0.289. The molecule has 0 aromatic heterocycles. The van der Waals surface area contributed by atoms with Crippen molar-refractivity contribution in [2.75, 3.05) is 13.1 Å². The fraction of sp³-hybridized carbons (Fsp3) is 0.333. The summed E-state index contributed by atoms with van der Waals surface area (Å²) in [6.45, 7) is 3.08. The van der Waals surface area contributed by atoms with E-state index in [1.165, 1.54) is 5.56 Å². The van der Waals surface area contributed by atoms with E-state index < -0.39 is 0 Å². The molecule has 0 atom stereocenters. The molecule has 2 heteroatoms. The van der Waals surface area contributed by atoms with E-state index in [4.69, 9.17) is 11.6 Å². The summed E-state index contributed by atoms with van der Waals surface area (Å²) in [5.74, 6) is 0. The molecule has 0 saturated heterocycles. The van der Waals surface area contributed by atoms with Crippen LogP contribution in [0.2, 0.25) is 0 Å². The van der Waals surface area contributed by atoms with Crippen LogP contribution in [-0.2, 0) is 6.54 Å². The molecular formula is C12H14ClN. The smallest absolute Gasteiger partial charge is 0.0237 e. The lowest BCUT2D eigenvalue weighted by atomic mass is 10.2. The third-order valence-electron chi connectivity index (χ3n) is 2.49. The van der Waals surface area contributed by atoms with Gasteiger partial charge in [0.1, 0.15) is 0 Å². The minimum Gasteiger partial charge on any atom is -0.295 e. The maximum atomic E-state index is 5.92. The first-order chi connectivity index (χ1) is 6.84. The topological polar surface area (TPSA) is 3.24 Å². The first-order valence-electron chi connectivity index (χ1n) is 4.95. The molecule has 1 aliphatic heterocycles. The molecule has 1 aromatic carbocycles. The van der Waals surface area contributed by atoms with Gasteiger partial charge in [0.05, 0.1) is 0 Å². The van der Waals surface area contributed by atoms with Gasteiger partial charge in [-0.3, -0.25) is 4.90 Å². The van der Waals surface area contributed by atoms with Gasteiger partial charge < -0.3 is 0 Å². The average Bonchev–Trinajstić information content (AvgIpc) is 2.23. The number of nitrogens with zero attached hydrogens (tertiary/aromatic N) is 1. The van der Waals surface area contributed by atoms with Crippen molar-refractivity contribution in [2.45, 2.75) is 13.0 Å². The number of hydrogen-bond donors (Lipinski definition) is 0. The van der Waals surface area contributed by atoms with Crippen LogP contribution in [0.25, 0.3) is 0 Å². The highest BCUT2D eigenvalue weighted by Gasteiger charge is 2.09. The van der Waals surface area contributed by atoms with Crippen molar-refractivity contribution >= 4 is 11.6 Å². The average molecular weight is 208 g/mol. The zero-order valence-electron chi connectivity index (χ0n) is 8.12. The van der Waals surface area contributed by atoms with E-state index in [1.807, 2.05) is 0 Å². The first-order valence-corrected chi connectivity index (χ1v) is 5.33. The molecule has 0 N–H and O–H groups in total. The van der Waals surface area contributed by atoms with Crippen LogP contribution < -0.4 is 0 Å². The second-order valence-corrected chi connectivity index (χ2v) is 4.11. The third kappa shape index (κ3) is 2.60. The van der Waals surface area contributed by atoms with Crippen molar-refractivity contribution in [3.8, 4) is 0 Å². The Hall–Kier alpha value is -0.790. The molecule has 0 aliphatic carbocycles. The van der Waals surface area contributed by atoms with Gasteiger partial charge in [-0.15, -0.1) is 0 Å². The number of rotatable bonds is 2. The minimum absolute atomic E-state index is 0.980. The van der Waals surface area contributed by atoms with E-state index in [2.05, 4.69) is 41.3 Å². The lowest BCUT2D eigenvalue weighted by Gasteiger charge is -2.24. The molecule has 74 valence electrons. The molecule has 0 amide bonds. The maximum Gasteiger partial charge on any atom is 0.0237 e. The van der Waals surface area contributed by atoms with Gasteiger partial charge in [0.25, 0.3) is 0 Å². The van der Waals surface area contributed by atoms with Crippen LogP contribution in [-0.4, -0.2) is 18.0 Å². The van der Waals surface area contributed by atoms with E-state index in [1.54, 1.807) is 0 Å². The second kappa shape index (κ2) is 4.63. The van der Waals surface area contributed by atoms with Crippen LogP contribution in [0.15, 0.2) is 41.4 Å². The molecule has 0 bridgehead atoms. The van der Waals surface area contributed by atoms with Gasteiger partial charge >= 0.3 is 0 Å². The van der Waals surface area contributed by atoms with Crippen molar-refractivity contribution in [3.63, 3.8) is 0 Å². The second-order valence-electron chi connectivity index (χ2n) is 3.62. The van der Waals surface area contributed by atoms with E-state index in [9.17, 15) is 0 Å². The van der Waals surface area contributed by atoms with Gasteiger partial charge in [0, 0.05) is 24.7 Å². The molecular weight excluding hydrogens is 194 g/mol. The van der Waals surface area contributed by atoms with E-state index in [0.717, 1.165) is 31.1 Å². The molecule has 0 unspecified atom stereocenters. The summed E-state index contributed by atoms with van der Waals surface area (Å²) in [5.41, 5.74) is 1.37. The van der Waals surface area contributed by atoms with Crippen molar-refractivity contribution in [2.24, 2.45) is 0 Å². The Bertz CT molecular complexity index is 318. The Morgan fingerprint density at radius 1 is 1.21 bits per heavy atom. The molecule has 1 aromatic rings. The third-order valence-corrected chi connectivity index (χ3v) is 2.83. The minimum atomic E-state index is 0.980. The van der Waals surface area contributed by atoms with Crippen LogP contribution in [0.5, 0.6) is 0 Å². The highest BCUT2D eigenvalue weighted by Crippen LogP contribution is 2.15. The Balaban J connectivity index is 1.93. The number of hydrogen-bond acceptors (Lipinski definition) is 1. The van der Waals surface area contributed by atoms with Gasteiger partial charge in [-0.1, -0.05) is 48.0 Å². The highest BCUT2D eigenvalue weighted by atomic mass is 35.5. The summed E-state index contributed by atoms with van der Waals surface area (Å²) in [5, 5.41) is 1.01. The van der Waals surface area contributed by atoms with Gasteiger partial charge in [-0.2, -0.15) is 0 Å². The van der Waals surface area contributed by atoms with E-state index in [-0.39, 0.29) is 0 Å². The molecule has 2 rings (SSSR count). The van der Waals surface area contributed by atoms with E-state index in [0.29, 0.717) is 0 Å². The predicted molar refractivity (Wildman–Crippen MR) is 60.3 cm³/mol. The molecule has 0 spiro atoms. The monoisotopic (exact) mass is 207 g/mol. The molecule has 14 heavy (non-hydrogen) atoms. The van der Waals surface area contributed by atoms with Gasteiger partial charge in [0.2, 0.25) is 0 Å². The summed E-state index contributed by atoms with van der Waals surface area (Å²) in [7, 11) is 0. The summed E-state index contributed by atoms with van der Waals surface area (Å²) in [6.07, 6.45) is 3.10. The summed E-state index contributed by atoms with van der Waals surface area (Å²) in [6, 6.07) is 10.6. The first kappa shape index (κ1) is 9.75. The summed E-state index contributed by atoms with van der Waals surface area (Å²) in [4.78, 5) is 2.40. The fourth-order valence-corrected chi connectivity index (χ4v) is 1.83. The standard InChI is InChI=1S/C12H14ClN/c13-12-6-8-14(9-7-12)10-11-4-2-1-3-5-11/h1-6H,7-10H2. The van der Waals surface area contributed by atoms with Gasteiger partial charge in [-0.25, -0.2) is 0 Å². The maximum absolute atomic E-state index is 5.92. The molecule has 0 radical (unpaired) electrons. The highest BCUT2D eigenvalue weighted by molar-refractivity contribution is 6.29. The van der Waals surface area contributed by atoms with Crippen molar-refractivity contribution in [3.05, 3.63) is 47.0 Å².